The van der Waals surface area contributed by atoms with Crippen molar-refractivity contribution in [2.45, 2.75) is 20.3 Å². The van der Waals surface area contributed by atoms with Gasteiger partial charge in [0.25, 0.3) is 0 Å². The third kappa shape index (κ3) is 2.59. The van der Waals surface area contributed by atoms with Crippen LogP contribution in [0, 0.1) is 5.92 Å². The van der Waals surface area contributed by atoms with Gasteiger partial charge in [0.2, 0.25) is 0 Å². The van der Waals surface area contributed by atoms with E-state index in [-0.39, 0.29) is 0 Å². The number of H-pyrrole nitrogens is 1. The topological polar surface area (TPSA) is 45.0 Å². The molecule has 0 radical (unpaired) electrons. The summed E-state index contributed by atoms with van der Waals surface area (Å²) >= 11 is 0. The van der Waals surface area contributed by atoms with Crippen LogP contribution in [-0.4, -0.2) is 29.5 Å². The summed E-state index contributed by atoms with van der Waals surface area (Å²) in [5.41, 5.74) is 10.7. The highest BCUT2D eigenvalue weighted by molar-refractivity contribution is 5.94. The van der Waals surface area contributed by atoms with Crippen LogP contribution in [0.1, 0.15) is 25.8 Å². The zero-order valence-electron chi connectivity index (χ0n) is 12.3. The minimum Gasteiger partial charge on any atom is -0.399 e. The number of nitrogens with two attached hydrogens (primary N) is 1. The van der Waals surface area contributed by atoms with E-state index < -0.39 is 0 Å². The van der Waals surface area contributed by atoms with E-state index in [9.17, 15) is 0 Å². The molecule has 0 bridgehead atoms. The second-order valence-corrected chi connectivity index (χ2v) is 6.14. The Labute approximate surface area is 120 Å². The first-order valence-electron chi connectivity index (χ1n) is 7.42. The van der Waals surface area contributed by atoms with Crippen LogP contribution in [0.4, 0.5) is 5.69 Å². The van der Waals surface area contributed by atoms with Crippen LogP contribution in [0.3, 0.4) is 0 Å². The predicted molar refractivity (Wildman–Crippen MR) is 86.6 cm³/mol. The molecule has 1 aromatic heterocycles. The molecule has 0 saturated carbocycles. The Morgan fingerprint density at radius 3 is 2.90 bits per heavy atom. The molecule has 0 atom stereocenters. The number of benzene rings is 1. The molecule has 0 unspecified atom stereocenters. The van der Waals surface area contributed by atoms with Gasteiger partial charge in [0.15, 0.2) is 0 Å². The fraction of sp³-hybridized carbons (Fsp3) is 0.412. The van der Waals surface area contributed by atoms with Crippen molar-refractivity contribution in [1.82, 2.24) is 9.88 Å². The van der Waals surface area contributed by atoms with Gasteiger partial charge in [-0.3, -0.25) is 4.90 Å². The summed E-state index contributed by atoms with van der Waals surface area (Å²) in [6.45, 7) is 7.95. The lowest BCUT2D eigenvalue weighted by Crippen LogP contribution is -2.31. The van der Waals surface area contributed by atoms with Crippen molar-refractivity contribution in [3.05, 3.63) is 36.0 Å². The van der Waals surface area contributed by atoms with E-state index >= 15 is 0 Å². The van der Waals surface area contributed by atoms with Gasteiger partial charge in [0.1, 0.15) is 0 Å². The Morgan fingerprint density at radius 2 is 2.20 bits per heavy atom. The van der Waals surface area contributed by atoms with Crippen LogP contribution in [0.2, 0.25) is 0 Å². The molecule has 0 spiro atoms. The molecule has 106 valence electrons. The van der Waals surface area contributed by atoms with Gasteiger partial charge in [-0.2, -0.15) is 0 Å². The van der Waals surface area contributed by atoms with Gasteiger partial charge in [-0.05, 0) is 36.1 Å². The molecule has 2 heterocycles. The molecule has 1 aliphatic heterocycles. The van der Waals surface area contributed by atoms with E-state index in [1.54, 1.807) is 0 Å². The Balaban J connectivity index is 1.85. The van der Waals surface area contributed by atoms with Gasteiger partial charge in [-0.25, -0.2) is 0 Å². The molecule has 0 fully saturated rings. The van der Waals surface area contributed by atoms with Crippen molar-refractivity contribution in [3.63, 3.8) is 0 Å². The van der Waals surface area contributed by atoms with E-state index in [1.165, 1.54) is 28.6 Å². The van der Waals surface area contributed by atoms with Gasteiger partial charge in [-0.15, -0.1) is 0 Å². The molecule has 1 aliphatic rings. The Kier molecular flexibility index (Phi) is 3.53. The van der Waals surface area contributed by atoms with Crippen molar-refractivity contribution >= 4 is 22.2 Å². The normalized spacial score (nSPS) is 16.9. The molecule has 0 aliphatic carbocycles. The van der Waals surface area contributed by atoms with Crippen LogP contribution in [-0.2, 0) is 0 Å². The first kappa shape index (κ1) is 13.3. The average Bonchev–Trinajstić information content (AvgIpc) is 2.82. The molecular formula is C17H23N3. The van der Waals surface area contributed by atoms with Gasteiger partial charge in [0.05, 0.1) is 0 Å². The van der Waals surface area contributed by atoms with Crippen molar-refractivity contribution in [2.24, 2.45) is 5.92 Å². The van der Waals surface area contributed by atoms with Crippen molar-refractivity contribution < 1.29 is 0 Å². The average molecular weight is 269 g/mol. The lowest BCUT2D eigenvalue weighted by atomic mass is 9.98. The van der Waals surface area contributed by atoms with Crippen molar-refractivity contribution in [3.8, 4) is 0 Å². The first-order chi connectivity index (χ1) is 9.63. The summed E-state index contributed by atoms with van der Waals surface area (Å²) in [5, 5.41) is 1.24. The highest BCUT2D eigenvalue weighted by atomic mass is 15.1. The summed E-state index contributed by atoms with van der Waals surface area (Å²) in [6, 6.07) is 6.08. The standard InChI is InChI=1S/C17H23N3/c1-12(2)11-20-7-5-13(6-8-20)16-10-19-17-4-3-14(18)9-15(16)17/h3-5,9-10,12,19H,6-8,11,18H2,1-2H3. The second kappa shape index (κ2) is 5.33. The van der Waals surface area contributed by atoms with Gasteiger partial charge in [0, 0.05) is 48.0 Å². The summed E-state index contributed by atoms with van der Waals surface area (Å²) in [6.07, 6.45) is 5.61. The van der Waals surface area contributed by atoms with Crippen LogP contribution in [0.25, 0.3) is 16.5 Å². The summed E-state index contributed by atoms with van der Waals surface area (Å²) in [5.74, 6) is 0.734. The number of hydrogen-bond donors (Lipinski definition) is 2. The fourth-order valence-electron chi connectivity index (χ4n) is 3.04. The molecule has 1 aromatic carbocycles. The molecule has 0 amide bonds. The van der Waals surface area contributed by atoms with E-state index in [1.807, 2.05) is 6.07 Å². The number of nitrogen functional groups attached to an aromatic ring is 1. The highest BCUT2D eigenvalue weighted by Crippen LogP contribution is 2.30. The minimum atomic E-state index is 0.734. The molecular weight excluding hydrogens is 246 g/mol. The maximum absolute atomic E-state index is 5.92. The summed E-state index contributed by atoms with van der Waals surface area (Å²) in [4.78, 5) is 5.87. The van der Waals surface area contributed by atoms with Gasteiger partial charge < -0.3 is 10.7 Å². The summed E-state index contributed by atoms with van der Waals surface area (Å²) < 4.78 is 0. The van der Waals surface area contributed by atoms with Crippen LogP contribution >= 0.6 is 0 Å². The number of nitrogens with one attached hydrogen (secondary N) is 1. The Bertz CT molecular complexity index is 637. The second-order valence-electron chi connectivity index (χ2n) is 6.14. The molecule has 20 heavy (non-hydrogen) atoms. The molecule has 0 saturated heterocycles. The van der Waals surface area contributed by atoms with Gasteiger partial charge in [-0.1, -0.05) is 19.9 Å². The minimum absolute atomic E-state index is 0.734. The number of rotatable bonds is 3. The number of nitrogens with zero attached hydrogens (tertiary/aromatic N) is 1. The largest absolute Gasteiger partial charge is 0.399 e. The monoisotopic (exact) mass is 269 g/mol. The number of hydrogen-bond acceptors (Lipinski definition) is 2. The maximum Gasteiger partial charge on any atom is 0.0461 e. The molecule has 3 rings (SSSR count). The van der Waals surface area contributed by atoms with Crippen molar-refractivity contribution in [2.75, 3.05) is 25.4 Å². The van der Waals surface area contributed by atoms with Crippen LogP contribution < -0.4 is 5.73 Å². The van der Waals surface area contributed by atoms with E-state index in [0.717, 1.165) is 31.1 Å². The maximum atomic E-state index is 5.92. The molecule has 2 aromatic rings. The van der Waals surface area contributed by atoms with E-state index in [0.29, 0.717) is 0 Å². The summed E-state index contributed by atoms with van der Waals surface area (Å²) in [7, 11) is 0. The number of aromatic nitrogens is 1. The molecule has 3 heteroatoms. The third-order valence-corrected chi connectivity index (χ3v) is 3.97. The predicted octanol–water partition coefficient (Wildman–Crippen LogP) is 3.50. The molecule has 3 nitrogen and oxygen atoms in total. The third-order valence-electron chi connectivity index (χ3n) is 3.97. The SMILES string of the molecule is CC(C)CN1CC=C(c2c[nH]c3ccc(N)cc23)CC1. The Hall–Kier alpha value is -1.74. The van der Waals surface area contributed by atoms with E-state index in [2.05, 4.69) is 48.1 Å². The van der Waals surface area contributed by atoms with Gasteiger partial charge >= 0.3 is 0 Å². The lowest BCUT2D eigenvalue weighted by Gasteiger charge is -2.27. The molecule has 3 N–H and O–H groups in total. The van der Waals surface area contributed by atoms with Crippen molar-refractivity contribution in [1.29, 1.82) is 0 Å². The number of fused-ring (bicyclic) bond motifs is 1. The van der Waals surface area contributed by atoms with Crippen LogP contribution in [0.15, 0.2) is 30.5 Å². The fourth-order valence-corrected chi connectivity index (χ4v) is 3.04. The zero-order chi connectivity index (χ0) is 14.1. The number of aromatic amines is 1. The van der Waals surface area contributed by atoms with E-state index in [4.69, 9.17) is 5.73 Å². The number of anilines is 1. The zero-order valence-corrected chi connectivity index (χ0v) is 12.3. The first-order valence-corrected chi connectivity index (χ1v) is 7.42. The lowest BCUT2D eigenvalue weighted by molar-refractivity contribution is 0.268. The van der Waals surface area contributed by atoms with Crippen LogP contribution in [0.5, 0.6) is 0 Å². The Morgan fingerprint density at radius 1 is 1.35 bits per heavy atom. The highest BCUT2D eigenvalue weighted by Gasteiger charge is 2.16. The quantitative estimate of drug-likeness (QED) is 0.838. The smallest absolute Gasteiger partial charge is 0.0461 e.